The van der Waals surface area contributed by atoms with Gasteiger partial charge in [-0.1, -0.05) is 59.1 Å². The van der Waals surface area contributed by atoms with Gasteiger partial charge < -0.3 is 24.4 Å². The van der Waals surface area contributed by atoms with Crippen LogP contribution in [0.5, 0.6) is 11.5 Å². The number of aromatic amines is 1. The first-order valence-corrected chi connectivity index (χ1v) is 14.4. The van der Waals surface area contributed by atoms with Crippen LogP contribution < -0.4 is 20.7 Å². The van der Waals surface area contributed by atoms with Crippen LogP contribution in [0.25, 0.3) is 0 Å². The average molecular weight is 628 g/mol. The Hall–Kier alpha value is -4.23. The summed E-state index contributed by atoms with van der Waals surface area (Å²) in [5.41, 5.74) is -5.77. The number of methoxy groups -OCH3 is 2. The third-order valence-corrected chi connectivity index (χ3v) is 8.30. The summed E-state index contributed by atoms with van der Waals surface area (Å²) in [6, 6.07) is 22.1. The van der Waals surface area contributed by atoms with Crippen molar-refractivity contribution in [3.05, 3.63) is 129 Å². The van der Waals surface area contributed by atoms with E-state index in [0.717, 1.165) is 16.8 Å². The van der Waals surface area contributed by atoms with Crippen molar-refractivity contribution in [1.82, 2.24) is 9.55 Å². The lowest BCUT2D eigenvalue weighted by Gasteiger charge is -2.50. The van der Waals surface area contributed by atoms with Crippen molar-refractivity contribution in [2.24, 2.45) is 0 Å². The molecule has 1 unspecified atom stereocenters. The van der Waals surface area contributed by atoms with Gasteiger partial charge in [0.1, 0.15) is 17.6 Å². The number of nitrogens with one attached hydrogen (secondary N) is 1. The second kappa shape index (κ2) is 12.0. The number of hydrogen-bond acceptors (Lipinski definition) is 9. The Morgan fingerprint density at radius 2 is 1.45 bits per heavy atom. The normalized spacial score (nSPS) is 23.7. The molecule has 12 nitrogen and oxygen atoms in total. The van der Waals surface area contributed by atoms with E-state index in [1.807, 2.05) is 0 Å². The van der Waals surface area contributed by atoms with Gasteiger partial charge >= 0.3 is 13.9 Å². The number of H-pyrrole nitrogens is 1. The number of hydrogen-bond donors (Lipinski definition) is 4. The summed E-state index contributed by atoms with van der Waals surface area (Å²) in [4.78, 5) is 37.7. The molecule has 1 aromatic heterocycles. The lowest BCUT2D eigenvalue weighted by Crippen LogP contribution is -2.64. The fourth-order valence-electron chi connectivity index (χ4n) is 6.01. The second-order valence-corrected chi connectivity index (χ2v) is 10.6. The van der Waals surface area contributed by atoms with E-state index in [9.17, 15) is 29.3 Å². The van der Waals surface area contributed by atoms with Gasteiger partial charge in [-0.3, -0.25) is 14.3 Å². The number of rotatable bonds is 10. The first-order valence-electron chi connectivity index (χ1n) is 13.3. The van der Waals surface area contributed by atoms with E-state index in [-0.39, 0.29) is 0 Å². The van der Waals surface area contributed by atoms with Gasteiger partial charge in [-0.2, -0.15) is 0 Å². The maximum absolute atomic E-state index is 17.7. The predicted octanol–water partition coefficient (Wildman–Crippen LogP) is 2.33. The average Bonchev–Trinajstić information content (AvgIpc) is 3.24. The Bertz CT molecular complexity index is 1700. The number of aliphatic hydroxyl groups is 2. The smallest absolute Gasteiger partial charge is 0.497 e. The molecule has 5 rings (SSSR count). The Balaban J connectivity index is 2.04. The van der Waals surface area contributed by atoms with E-state index < -0.39 is 55.3 Å². The van der Waals surface area contributed by atoms with Crippen LogP contribution in [0.1, 0.15) is 16.7 Å². The molecule has 1 fully saturated rings. The van der Waals surface area contributed by atoms with E-state index in [0.29, 0.717) is 28.2 Å². The summed E-state index contributed by atoms with van der Waals surface area (Å²) < 4.78 is 52.3. The maximum Gasteiger partial charge on any atom is 0.697 e. The van der Waals surface area contributed by atoms with Gasteiger partial charge in [-0.15, -0.1) is 4.89 Å². The highest BCUT2D eigenvalue weighted by atomic mass is 31.1. The van der Waals surface area contributed by atoms with Crippen LogP contribution in [0.15, 0.2) is 101 Å². The molecule has 1 aliphatic rings. The van der Waals surface area contributed by atoms with Gasteiger partial charge in [0.25, 0.3) is 11.3 Å². The van der Waals surface area contributed by atoms with E-state index in [1.54, 1.807) is 78.9 Å². The summed E-state index contributed by atoms with van der Waals surface area (Å²) in [5, 5.41) is 22.0. The van der Waals surface area contributed by atoms with Crippen LogP contribution in [-0.2, 0) is 25.0 Å². The van der Waals surface area contributed by atoms with Crippen molar-refractivity contribution in [2.45, 2.75) is 29.2 Å². The summed E-state index contributed by atoms with van der Waals surface area (Å²) in [6.07, 6.45) is -3.91. The molecular formula is C30H29FN2O10P+. The molecule has 44 heavy (non-hydrogen) atoms. The summed E-state index contributed by atoms with van der Waals surface area (Å²) >= 11 is 0. The Labute approximate surface area is 250 Å². The fraction of sp³-hybridized carbons (Fsp3) is 0.267. The van der Waals surface area contributed by atoms with E-state index in [4.69, 9.17) is 18.7 Å². The minimum Gasteiger partial charge on any atom is -0.497 e. The summed E-state index contributed by atoms with van der Waals surface area (Å²) in [7, 11) is -0.744. The van der Waals surface area contributed by atoms with Crippen molar-refractivity contribution in [3.63, 3.8) is 0 Å². The quantitative estimate of drug-likeness (QED) is 0.116. The zero-order valence-electron chi connectivity index (χ0n) is 23.5. The lowest BCUT2D eigenvalue weighted by atomic mass is 9.60. The molecule has 0 saturated carbocycles. The molecular weight excluding hydrogens is 598 g/mol. The number of ether oxygens (including phenoxy) is 3. The van der Waals surface area contributed by atoms with Crippen LogP contribution >= 0.6 is 8.25 Å². The van der Waals surface area contributed by atoms with Gasteiger partial charge in [0, 0.05) is 16.8 Å². The highest BCUT2D eigenvalue weighted by Gasteiger charge is 2.77. The van der Waals surface area contributed by atoms with Gasteiger partial charge in [-0.25, -0.2) is 9.18 Å². The molecule has 5 atom stereocenters. The number of aromatic nitrogens is 2. The standard InChI is InChI=1S/C30H28FN2O10P/c1-40-22-12-8-20(9-13-22)28(19-6-4-3-5-7-19,21-10-14-23(41-2)15-11-21)30(33-17-16-25(35)32-27(33)36)26(31)29(37,43-44(38)39)24(18-34)42-30/h3-17,24,26,34,37H,18H2,1-2H3,(H-,32,35,36,38,39)/p+1/t24-,26-,29+,30+/m1/s1. The first-order chi connectivity index (χ1) is 21.1. The number of alkyl halides is 1. The van der Waals surface area contributed by atoms with Crippen LogP contribution in [0.4, 0.5) is 4.39 Å². The molecule has 0 bridgehead atoms. The molecule has 4 N–H and O–H groups in total. The number of aliphatic hydroxyl groups excluding tert-OH is 1. The summed E-state index contributed by atoms with van der Waals surface area (Å²) in [5.74, 6) is -2.39. The third-order valence-electron chi connectivity index (χ3n) is 7.85. The highest BCUT2D eigenvalue weighted by molar-refractivity contribution is 7.32. The van der Waals surface area contributed by atoms with Crippen LogP contribution in [-0.4, -0.2) is 63.5 Å². The van der Waals surface area contributed by atoms with E-state index in [1.165, 1.54) is 14.2 Å². The van der Waals surface area contributed by atoms with Crippen molar-refractivity contribution in [3.8, 4) is 11.5 Å². The van der Waals surface area contributed by atoms with E-state index >= 15 is 4.39 Å². The maximum atomic E-state index is 17.7. The molecule has 1 saturated heterocycles. The minimum absolute atomic E-state index is 0.296. The Morgan fingerprint density at radius 1 is 0.932 bits per heavy atom. The first kappa shape index (κ1) is 31.2. The van der Waals surface area contributed by atoms with Crippen molar-refractivity contribution in [2.75, 3.05) is 20.8 Å². The number of halogens is 1. The molecule has 0 spiro atoms. The molecule has 0 aliphatic carbocycles. The van der Waals surface area contributed by atoms with Crippen molar-refractivity contribution in [1.29, 1.82) is 0 Å². The van der Waals surface area contributed by atoms with Gasteiger partial charge in [0.05, 0.1) is 26.2 Å². The van der Waals surface area contributed by atoms with Crippen molar-refractivity contribution < 1.29 is 42.8 Å². The highest BCUT2D eigenvalue weighted by Crippen LogP contribution is 2.61. The van der Waals surface area contributed by atoms with Crippen molar-refractivity contribution >= 4 is 8.25 Å². The molecule has 0 amide bonds. The second-order valence-electron chi connectivity index (χ2n) is 9.98. The Morgan fingerprint density at radius 3 is 1.91 bits per heavy atom. The van der Waals surface area contributed by atoms with Crippen LogP contribution in [0, 0.1) is 0 Å². The number of nitrogens with zero attached hydrogens (tertiary/aromatic N) is 1. The van der Waals surface area contributed by atoms with Gasteiger partial charge in [0.2, 0.25) is 11.9 Å². The minimum atomic E-state index is -3.66. The molecule has 0 radical (unpaired) electrons. The zero-order chi connectivity index (χ0) is 31.7. The molecule has 3 aromatic carbocycles. The SMILES string of the molecule is COc1ccc(C(c2ccccc2)(c2ccc(OC)cc2)[C@@]2(n3ccc(=O)[nH]c3=O)O[C@H](CO)[C@](O)(O[P+](=O)O)[C@H]2F)cc1. The molecule has 4 aromatic rings. The van der Waals surface area contributed by atoms with Crippen LogP contribution in [0.2, 0.25) is 0 Å². The monoisotopic (exact) mass is 627 g/mol. The third kappa shape index (κ3) is 4.74. The molecule has 230 valence electrons. The molecule has 1 aliphatic heterocycles. The largest absolute Gasteiger partial charge is 0.697 e. The fourth-order valence-corrected chi connectivity index (χ4v) is 6.47. The van der Waals surface area contributed by atoms with Gasteiger partial charge in [-0.05, 0) is 41.0 Å². The topological polar surface area (TPSA) is 170 Å². The van der Waals surface area contributed by atoms with E-state index in [2.05, 4.69) is 4.98 Å². The van der Waals surface area contributed by atoms with Gasteiger partial charge in [0.15, 0.2) is 0 Å². The predicted molar refractivity (Wildman–Crippen MR) is 154 cm³/mol. The number of benzene rings is 3. The Kier molecular flexibility index (Phi) is 8.54. The lowest BCUT2D eigenvalue weighted by molar-refractivity contribution is -0.204. The van der Waals surface area contributed by atoms with Crippen LogP contribution in [0.3, 0.4) is 0 Å². The molecule has 2 heterocycles. The zero-order valence-corrected chi connectivity index (χ0v) is 24.4. The molecule has 14 heteroatoms. The summed E-state index contributed by atoms with van der Waals surface area (Å²) in [6.45, 7) is -1.10.